The molecule has 3 heterocycles. The molecule has 0 saturated carbocycles. The Hall–Kier alpha value is -3.41. The second-order valence-electron chi connectivity index (χ2n) is 6.20. The van der Waals surface area contributed by atoms with Gasteiger partial charge in [0.05, 0.1) is 23.3 Å². The molecule has 0 spiro atoms. The molecule has 0 amide bonds. The van der Waals surface area contributed by atoms with Crippen LogP contribution >= 0.6 is 0 Å². The number of H-pyrrole nitrogens is 1. The van der Waals surface area contributed by atoms with Gasteiger partial charge in [-0.15, -0.1) is 0 Å². The van der Waals surface area contributed by atoms with Crippen molar-refractivity contribution in [3.63, 3.8) is 0 Å². The van der Waals surface area contributed by atoms with Crippen LogP contribution in [0.25, 0.3) is 22.2 Å². The molecule has 6 nitrogen and oxygen atoms in total. The first-order valence-corrected chi connectivity index (χ1v) is 8.48. The van der Waals surface area contributed by atoms with E-state index < -0.39 is 0 Å². The SMILES string of the molecule is CC(C)Oc1cnccc1-c1ccc2nc(Nc3ccccn3)[nH]c2c1. The highest BCUT2D eigenvalue weighted by Crippen LogP contribution is 2.31. The quantitative estimate of drug-likeness (QED) is 0.555. The fourth-order valence-electron chi connectivity index (χ4n) is 2.76. The van der Waals surface area contributed by atoms with Gasteiger partial charge in [0.25, 0.3) is 0 Å². The summed E-state index contributed by atoms with van der Waals surface area (Å²) in [4.78, 5) is 16.3. The van der Waals surface area contributed by atoms with Crippen LogP contribution in [0.4, 0.5) is 11.8 Å². The molecule has 0 radical (unpaired) electrons. The largest absolute Gasteiger partial charge is 0.489 e. The first kappa shape index (κ1) is 16.1. The van der Waals surface area contributed by atoms with Crippen LogP contribution in [0, 0.1) is 0 Å². The Bertz CT molecular complexity index is 1030. The summed E-state index contributed by atoms with van der Waals surface area (Å²) in [6.07, 6.45) is 5.35. The molecule has 0 saturated heterocycles. The Labute approximate surface area is 151 Å². The molecule has 1 aromatic carbocycles. The highest BCUT2D eigenvalue weighted by Gasteiger charge is 2.10. The third-order valence-corrected chi connectivity index (χ3v) is 3.85. The van der Waals surface area contributed by atoms with Gasteiger partial charge in [0, 0.05) is 18.0 Å². The van der Waals surface area contributed by atoms with Crippen LogP contribution in [0.3, 0.4) is 0 Å². The van der Waals surface area contributed by atoms with E-state index in [1.165, 1.54) is 0 Å². The fourth-order valence-corrected chi connectivity index (χ4v) is 2.76. The van der Waals surface area contributed by atoms with Gasteiger partial charge in [0.15, 0.2) is 0 Å². The van der Waals surface area contributed by atoms with Gasteiger partial charge >= 0.3 is 0 Å². The second-order valence-corrected chi connectivity index (χ2v) is 6.20. The van der Waals surface area contributed by atoms with Gasteiger partial charge in [0.2, 0.25) is 5.95 Å². The highest BCUT2D eigenvalue weighted by atomic mass is 16.5. The molecule has 0 atom stereocenters. The number of fused-ring (bicyclic) bond motifs is 1. The van der Waals surface area contributed by atoms with Crippen molar-refractivity contribution in [2.75, 3.05) is 5.32 Å². The number of aromatic amines is 1. The van der Waals surface area contributed by atoms with Crippen molar-refractivity contribution in [1.82, 2.24) is 19.9 Å². The Morgan fingerprint density at radius 1 is 1.08 bits per heavy atom. The summed E-state index contributed by atoms with van der Waals surface area (Å²) in [6, 6.07) is 13.7. The molecule has 0 aliphatic carbocycles. The highest BCUT2D eigenvalue weighted by molar-refractivity contribution is 5.85. The molecule has 0 fully saturated rings. The normalized spacial score (nSPS) is 11.0. The molecule has 0 unspecified atom stereocenters. The van der Waals surface area contributed by atoms with E-state index in [4.69, 9.17) is 4.74 Å². The maximum atomic E-state index is 5.89. The average molecular weight is 345 g/mol. The maximum Gasteiger partial charge on any atom is 0.206 e. The zero-order chi connectivity index (χ0) is 17.9. The Balaban J connectivity index is 1.68. The minimum Gasteiger partial charge on any atom is -0.489 e. The van der Waals surface area contributed by atoms with Gasteiger partial charge in [-0.1, -0.05) is 12.1 Å². The average Bonchev–Trinajstić information content (AvgIpc) is 3.04. The lowest BCUT2D eigenvalue weighted by molar-refractivity contribution is 0.242. The number of hydrogen-bond acceptors (Lipinski definition) is 5. The molecule has 0 aliphatic rings. The predicted octanol–water partition coefficient (Wildman–Crippen LogP) is 4.55. The lowest BCUT2D eigenvalue weighted by Gasteiger charge is -2.13. The summed E-state index contributed by atoms with van der Waals surface area (Å²) in [6.45, 7) is 4.01. The first-order valence-electron chi connectivity index (χ1n) is 8.48. The fraction of sp³-hybridized carbons (Fsp3) is 0.150. The monoisotopic (exact) mass is 345 g/mol. The van der Waals surface area contributed by atoms with Gasteiger partial charge in [-0.05, 0) is 49.7 Å². The minimum absolute atomic E-state index is 0.0861. The molecule has 26 heavy (non-hydrogen) atoms. The lowest BCUT2D eigenvalue weighted by Crippen LogP contribution is -2.06. The zero-order valence-corrected chi connectivity index (χ0v) is 14.6. The van der Waals surface area contributed by atoms with Crippen LogP contribution in [-0.4, -0.2) is 26.0 Å². The molecule has 6 heteroatoms. The Morgan fingerprint density at radius 3 is 2.81 bits per heavy atom. The molecular formula is C20H19N5O. The second kappa shape index (κ2) is 6.84. The molecule has 4 rings (SSSR count). The van der Waals surface area contributed by atoms with Gasteiger partial charge in [-0.3, -0.25) is 4.98 Å². The van der Waals surface area contributed by atoms with Crippen LogP contribution in [-0.2, 0) is 0 Å². The van der Waals surface area contributed by atoms with Crippen LogP contribution in [0.1, 0.15) is 13.8 Å². The molecular weight excluding hydrogens is 326 g/mol. The van der Waals surface area contributed by atoms with Crippen molar-refractivity contribution in [3.05, 3.63) is 61.1 Å². The molecule has 2 N–H and O–H groups in total. The molecule has 130 valence electrons. The van der Waals surface area contributed by atoms with E-state index in [1.54, 1.807) is 18.6 Å². The number of pyridine rings is 2. The van der Waals surface area contributed by atoms with Crippen molar-refractivity contribution in [2.45, 2.75) is 20.0 Å². The first-order chi connectivity index (χ1) is 12.7. The van der Waals surface area contributed by atoms with E-state index in [-0.39, 0.29) is 6.10 Å². The molecule has 4 aromatic rings. The summed E-state index contributed by atoms with van der Waals surface area (Å²) in [5.41, 5.74) is 3.87. The van der Waals surface area contributed by atoms with Crippen LogP contribution in [0.2, 0.25) is 0 Å². The molecule has 0 bridgehead atoms. The van der Waals surface area contributed by atoms with Crippen LogP contribution < -0.4 is 10.1 Å². The van der Waals surface area contributed by atoms with Crippen molar-refractivity contribution in [3.8, 4) is 16.9 Å². The number of hydrogen-bond donors (Lipinski definition) is 2. The van der Waals surface area contributed by atoms with Crippen molar-refractivity contribution in [2.24, 2.45) is 0 Å². The standard InChI is InChI=1S/C20H19N5O/c1-13(2)26-18-12-21-10-8-15(18)14-6-7-16-17(11-14)24-20(23-16)25-19-5-3-4-9-22-19/h3-13H,1-2H3,(H2,22,23,24,25). The summed E-state index contributed by atoms with van der Waals surface area (Å²) < 4.78 is 5.89. The maximum absolute atomic E-state index is 5.89. The van der Waals surface area contributed by atoms with Gasteiger partial charge in [0.1, 0.15) is 11.6 Å². The van der Waals surface area contributed by atoms with Crippen molar-refractivity contribution in [1.29, 1.82) is 0 Å². The number of aromatic nitrogens is 4. The predicted molar refractivity (Wildman–Crippen MR) is 103 cm³/mol. The number of rotatable bonds is 5. The number of benzene rings is 1. The zero-order valence-electron chi connectivity index (χ0n) is 14.6. The smallest absolute Gasteiger partial charge is 0.206 e. The van der Waals surface area contributed by atoms with Gasteiger partial charge in [-0.25, -0.2) is 9.97 Å². The van der Waals surface area contributed by atoms with E-state index in [0.29, 0.717) is 5.95 Å². The number of anilines is 2. The third-order valence-electron chi connectivity index (χ3n) is 3.85. The summed E-state index contributed by atoms with van der Waals surface area (Å²) in [5.74, 6) is 2.17. The molecule has 3 aromatic heterocycles. The minimum atomic E-state index is 0.0861. The summed E-state index contributed by atoms with van der Waals surface area (Å²) in [7, 11) is 0. The molecule has 0 aliphatic heterocycles. The number of ether oxygens (including phenoxy) is 1. The van der Waals surface area contributed by atoms with E-state index in [0.717, 1.165) is 33.7 Å². The van der Waals surface area contributed by atoms with E-state index in [1.807, 2.05) is 50.2 Å². The summed E-state index contributed by atoms with van der Waals surface area (Å²) in [5, 5.41) is 3.18. The number of nitrogens with one attached hydrogen (secondary N) is 2. The van der Waals surface area contributed by atoms with E-state index in [9.17, 15) is 0 Å². The summed E-state index contributed by atoms with van der Waals surface area (Å²) >= 11 is 0. The van der Waals surface area contributed by atoms with E-state index in [2.05, 4.69) is 31.3 Å². The van der Waals surface area contributed by atoms with Crippen LogP contribution in [0.5, 0.6) is 5.75 Å². The third kappa shape index (κ3) is 3.35. The van der Waals surface area contributed by atoms with Crippen molar-refractivity contribution < 1.29 is 4.74 Å². The number of nitrogens with zero attached hydrogens (tertiary/aromatic N) is 3. The van der Waals surface area contributed by atoms with Gasteiger partial charge in [-0.2, -0.15) is 0 Å². The number of imidazole rings is 1. The van der Waals surface area contributed by atoms with Crippen molar-refractivity contribution >= 4 is 22.8 Å². The topological polar surface area (TPSA) is 75.7 Å². The Kier molecular flexibility index (Phi) is 4.23. The Morgan fingerprint density at radius 2 is 2.00 bits per heavy atom. The van der Waals surface area contributed by atoms with E-state index >= 15 is 0 Å². The lowest BCUT2D eigenvalue weighted by atomic mass is 10.1. The van der Waals surface area contributed by atoms with Gasteiger partial charge < -0.3 is 15.0 Å². The van der Waals surface area contributed by atoms with Crippen LogP contribution in [0.15, 0.2) is 61.1 Å².